The van der Waals surface area contributed by atoms with E-state index in [-0.39, 0.29) is 11.7 Å². The third-order valence-electron chi connectivity index (χ3n) is 3.34. The van der Waals surface area contributed by atoms with Gasteiger partial charge in [0.05, 0.1) is 11.1 Å². The zero-order chi connectivity index (χ0) is 14.1. The summed E-state index contributed by atoms with van der Waals surface area (Å²) < 4.78 is 5.33. The number of rotatable bonds is 2. The molecule has 5 heteroatoms. The number of aryl methyl sites for hydroxylation is 1. The van der Waals surface area contributed by atoms with Crippen molar-refractivity contribution in [2.24, 2.45) is 0 Å². The molecule has 1 aliphatic carbocycles. The minimum atomic E-state index is -0.351. The Morgan fingerprint density at radius 3 is 2.95 bits per heavy atom. The lowest BCUT2D eigenvalue weighted by molar-refractivity contribution is 0.0955. The Morgan fingerprint density at radius 2 is 2.15 bits per heavy atom. The number of Topliss-reactive ketones (excluding diaryl/α,β-unsaturated/α-hetero) is 1. The molecular formula is C15H14N2O3. The number of ketones is 1. The molecule has 0 fully saturated rings. The standard InChI is InChI=1S/C15H14N2O3/c16-9-3-1-4-10(7-9)17-15(19)11-8-20-13-6-2-5-12(18)14(11)13/h1,3-4,7-8H,2,5-6,16H2,(H,17,19). The maximum atomic E-state index is 12.2. The van der Waals surface area contributed by atoms with Gasteiger partial charge in [0.15, 0.2) is 5.78 Å². The van der Waals surface area contributed by atoms with E-state index in [9.17, 15) is 9.59 Å². The second kappa shape index (κ2) is 4.85. The molecule has 0 atom stereocenters. The third kappa shape index (κ3) is 2.18. The average Bonchev–Trinajstić information content (AvgIpc) is 2.84. The summed E-state index contributed by atoms with van der Waals surface area (Å²) in [6.45, 7) is 0. The third-order valence-corrected chi connectivity index (χ3v) is 3.34. The van der Waals surface area contributed by atoms with E-state index in [2.05, 4.69) is 5.32 Å². The first-order valence-electron chi connectivity index (χ1n) is 6.45. The van der Waals surface area contributed by atoms with Crippen molar-refractivity contribution in [3.05, 3.63) is 47.4 Å². The molecule has 20 heavy (non-hydrogen) atoms. The Labute approximate surface area is 115 Å². The first-order chi connectivity index (χ1) is 9.65. The molecule has 1 aliphatic rings. The van der Waals surface area contributed by atoms with Crippen LogP contribution in [0.3, 0.4) is 0 Å². The molecule has 1 amide bonds. The van der Waals surface area contributed by atoms with Crippen LogP contribution >= 0.6 is 0 Å². The van der Waals surface area contributed by atoms with Crippen molar-refractivity contribution in [2.75, 3.05) is 11.1 Å². The van der Waals surface area contributed by atoms with E-state index in [1.165, 1.54) is 6.26 Å². The Bertz CT molecular complexity index is 688. The Morgan fingerprint density at radius 1 is 1.30 bits per heavy atom. The summed E-state index contributed by atoms with van der Waals surface area (Å²) in [7, 11) is 0. The number of carbonyl (C=O) groups excluding carboxylic acids is 2. The molecule has 0 radical (unpaired) electrons. The van der Waals surface area contributed by atoms with Gasteiger partial charge in [-0.05, 0) is 24.6 Å². The summed E-state index contributed by atoms with van der Waals surface area (Å²) in [5.74, 6) is 0.229. The number of carbonyl (C=O) groups is 2. The van der Waals surface area contributed by atoms with Gasteiger partial charge in [0.25, 0.3) is 5.91 Å². The van der Waals surface area contributed by atoms with Crippen molar-refractivity contribution >= 4 is 23.1 Å². The minimum absolute atomic E-state index is 0.0299. The number of nitrogens with two attached hydrogens (primary N) is 1. The number of nitrogen functional groups attached to an aromatic ring is 1. The zero-order valence-corrected chi connectivity index (χ0v) is 10.8. The first kappa shape index (κ1) is 12.5. The SMILES string of the molecule is Nc1cccc(NC(=O)c2coc3c2C(=O)CCC3)c1. The van der Waals surface area contributed by atoms with Crippen molar-refractivity contribution in [3.8, 4) is 0 Å². The number of hydrogen-bond donors (Lipinski definition) is 2. The lowest BCUT2D eigenvalue weighted by Crippen LogP contribution is -2.17. The largest absolute Gasteiger partial charge is 0.468 e. The average molecular weight is 270 g/mol. The van der Waals surface area contributed by atoms with E-state index in [1.54, 1.807) is 24.3 Å². The molecule has 1 aromatic carbocycles. The molecule has 0 saturated carbocycles. The normalized spacial score (nSPS) is 13.9. The van der Waals surface area contributed by atoms with E-state index in [0.29, 0.717) is 41.1 Å². The van der Waals surface area contributed by atoms with Crippen LogP contribution in [0, 0.1) is 0 Å². The second-order valence-corrected chi connectivity index (χ2v) is 4.80. The van der Waals surface area contributed by atoms with Gasteiger partial charge < -0.3 is 15.5 Å². The van der Waals surface area contributed by atoms with Gasteiger partial charge in [-0.1, -0.05) is 6.07 Å². The highest BCUT2D eigenvalue weighted by atomic mass is 16.3. The predicted octanol–water partition coefficient (Wildman–Crippen LogP) is 2.63. The van der Waals surface area contributed by atoms with Gasteiger partial charge >= 0.3 is 0 Å². The van der Waals surface area contributed by atoms with Crippen LogP contribution in [-0.2, 0) is 6.42 Å². The number of benzene rings is 1. The maximum Gasteiger partial charge on any atom is 0.259 e. The van der Waals surface area contributed by atoms with Gasteiger partial charge in [0, 0.05) is 24.2 Å². The summed E-state index contributed by atoms with van der Waals surface area (Å²) in [6, 6.07) is 6.88. The summed E-state index contributed by atoms with van der Waals surface area (Å²) >= 11 is 0. The van der Waals surface area contributed by atoms with Crippen molar-refractivity contribution in [1.82, 2.24) is 0 Å². The summed E-state index contributed by atoms with van der Waals surface area (Å²) in [6.07, 6.45) is 3.29. The van der Waals surface area contributed by atoms with Crippen LogP contribution in [0.15, 0.2) is 34.9 Å². The highest BCUT2D eigenvalue weighted by molar-refractivity contribution is 6.13. The number of amides is 1. The predicted molar refractivity (Wildman–Crippen MR) is 74.8 cm³/mol. The maximum absolute atomic E-state index is 12.2. The fourth-order valence-corrected chi connectivity index (χ4v) is 2.40. The smallest absolute Gasteiger partial charge is 0.259 e. The van der Waals surface area contributed by atoms with E-state index in [0.717, 1.165) is 6.42 Å². The molecule has 0 saturated heterocycles. The molecule has 1 heterocycles. The second-order valence-electron chi connectivity index (χ2n) is 4.80. The molecule has 102 valence electrons. The number of fused-ring (bicyclic) bond motifs is 1. The molecule has 2 aromatic rings. The zero-order valence-electron chi connectivity index (χ0n) is 10.8. The monoisotopic (exact) mass is 270 g/mol. The molecule has 5 nitrogen and oxygen atoms in total. The van der Waals surface area contributed by atoms with Gasteiger partial charge in [-0.25, -0.2) is 0 Å². The topological polar surface area (TPSA) is 85.3 Å². The van der Waals surface area contributed by atoms with Gasteiger partial charge in [-0.3, -0.25) is 9.59 Å². The van der Waals surface area contributed by atoms with Gasteiger partial charge in [0.2, 0.25) is 0 Å². The molecular weight excluding hydrogens is 256 g/mol. The number of furan rings is 1. The summed E-state index contributed by atoms with van der Waals surface area (Å²) in [4.78, 5) is 24.2. The molecule has 0 unspecified atom stereocenters. The van der Waals surface area contributed by atoms with Gasteiger partial charge in [0.1, 0.15) is 12.0 Å². The van der Waals surface area contributed by atoms with E-state index < -0.39 is 0 Å². The van der Waals surface area contributed by atoms with Crippen LogP contribution in [0.25, 0.3) is 0 Å². The Hall–Kier alpha value is -2.56. The van der Waals surface area contributed by atoms with Crippen LogP contribution < -0.4 is 11.1 Å². The highest BCUT2D eigenvalue weighted by Gasteiger charge is 2.27. The molecule has 0 aliphatic heterocycles. The Balaban J connectivity index is 1.88. The van der Waals surface area contributed by atoms with Crippen molar-refractivity contribution in [2.45, 2.75) is 19.3 Å². The first-order valence-corrected chi connectivity index (χ1v) is 6.45. The van der Waals surface area contributed by atoms with E-state index >= 15 is 0 Å². The number of nitrogens with one attached hydrogen (secondary N) is 1. The van der Waals surface area contributed by atoms with E-state index in [4.69, 9.17) is 10.2 Å². The van der Waals surface area contributed by atoms with Crippen LogP contribution in [0.4, 0.5) is 11.4 Å². The number of anilines is 2. The van der Waals surface area contributed by atoms with Crippen LogP contribution in [0.1, 0.15) is 39.3 Å². The lowest BCUT2D eigenvalue weighted by Gasteiger charge is -2.10. The highest BCUT2D eigenvalue weighted by Crippen LogP contribution is 2.27. The molecule has 1 aromatic heterocycles. The van der Waals surface area contributed by atoms with Gasteiger partial charge in [-0.15, -0.1) is 0 Å². The van der Waals surface area contributed by atoms with Crippen LogP contribution in [-0.4, -0.2) is 11.7 Å². The summed E-state index contributed by atoms with van der Waals surface area (Å²) in [5, 5.41) is 2.72. The Kier molecular flexibility index (Phi) is 3.02. The van der Waals surface area contributed by atoms with E-state index in [1.807, 2.05) is 0 Å². The van der Waals surface area contributed by atoms with Crippen molar-refractivity contribution in [1.29, 1.82) is 0 Å². The lowest BCUT2D eigenvalue weighted by atomic mass is 9.94. The molecule has 0 bridgehead atoms. The summed E-state index contributed by atoms with van der Waals surface area (Å²) in [5.41, 5.74) is 7.54. The van der Waals surface area contributed by atoms with Crippen LogP contribution in [0.2, 0.25) is 0 Å². The van der Waals surface area contributed by atoms with Crippen LogP contribution in [0.5, 0.6) is 0 Å². The quantitative estimate of drug-likeness (QED) is 0.821. The fraction of sp³-hybridized carbons (Fsp3) is 0.200. The minimum Gasteiger partial charge on any atom is -0.468 e. The fourth-order valence-electron chi connectivity index (χ4n) is 2.40. The molecule has 3 N–H and O–H groups in total. The van der Waals surface area contributed by atoms with Crippen molar-refractivity contribution < 1.29 is 14.0 Å². The molecule has 0 spiro atoms. The number of hydrogen-bond acceptors (Lipinski definition) is 4. The molecule has 3 rings (SSSR count). The van der Waals surface area contributed by atoms with Crippen molar-refractivity contribution in [3.63, 3.8) is 0 Å². The van der Waals surface area contributed by atoms with Gasteiger partial charge in [-0.2, -0.15) is 0 Å².